The molecule has 1 aliphatic rings. The van der Waals surface area contributed by atoms with E-state index < -0.39 is 9.84 Å². The third kappa shape index (κ3) is 3.72. The standard InChI is InChI=1S/C13H17BrClNO2S/c1-2-16-13(9-5-6-19(17,18)8-9)11-4-3-10(15)7-12(11)14/h3-4,7,9,13,16H,2,5-6,8H2,1H3. The molecule has 1 N–H and O–H groups in total. The van der Waals surface area contributed by atoms with Crippen molar-refractivity contribution in [1.29, 1.82) is 0 Å². The van der Waals surface area contributed by atoms with Gasteiger partial charge < -0.3 is 5.32 Å². The molecular weight excluding hydrogens is 350 g/mol. The first-order valence-corrected chi connectivity index (χ1v) is 9.31. The van der Waals surface area contributed by atoms with Gasteiger partial charge in [-0.05, 0) is 36.6 Å². The Bertz CT molecular complexity index is 562. The van der Waals surface area contributed by atoms with Crippen LogP contribution in [0.3, 0.4) is 0 Å². The van der Waals surface area contributed by atoms with E-state index in [1.165, 1.54) is 0 Å². The van der Waals surface area contributed by atoms with Gasteiger partial charge in [-0.1, -0.05) is 40.5 Å². The molecule has 6 heteroatoms. The van der Waals surface area contributed by atoms with Crippen LogP contribution in [0.15, 0.2) is 22.7 Å². The van der Waals surface area contributed by atoms with Crippen molar-refractivity contribution in [3.05, 3.63) is 33.3 Å². The lowest BCUT2D eigenvalue weighted by atomic mass is 9.92. The van der Waals surface area contributed by atoms with Crippen LogP contribution in [0, 0.1) is 5.92 Å². The molecule has 0 aromatic heterocycles. The Balaban J connectivity index is 2.30. The van der Waals surface area contributed by atoms with Crippen molar-refractivity contribution in [1.82, 2.24) is 5.32 Å². The first-order chi connectivity index (χ1) is 8.93. The maximum absolute atomic E-state index is 11.7. The second-order valence-electron chi connectivity index (χ2n) is 4.86. The summed E-state index contributed by atoms with van der Waals surface area (Å²) in [4.78, 5) is 0. The molecule has 0 aliphatic carbocycles. The Morgan fingerprint density at radius 3 is 2.79 bits per heavy atom. The summed E-state index contributed by atoms with van der Waals surface area (Å²) in [5, 5.41) is 4.07. The third-order valence-electron chi connectivity index (χ3n) is 3.46. The van der Waals surface area contributed by atoms with Crippen molar-refractivity contribution in [2.45, 2.75) is 19.4 Å². The van der Waals surface area contributed by atoms with Crippen LogP contribution in [0.25, 0.3) is 0 Å². The van der Waals surface area contributed by atoms with E-state index in [1.54, 1.807) is 0 Å². The molecule has 0 radical (unpaired) electrons. The molecule has 1 fully saturated rings. The van der Waals surface area contributed by atoms with Gasteiger partial charge >= 0.3 is 0 Å². The van der Waals surface area contributed by atoms with Gasteiger partial charge in [-0.2, -0.15) is 0 Å². The number of rotatable bonds is 4. The molecule has 1 aromatic carbocycles. The highest BCUT2D eigenvalue weighted by Gasteiger charge is 2.34. The topological polar surface area (TPSA) is 46.2 Å². The van der Waals surface area contributed by atoms with Gasteiger partial charge in [0, 0.05) is 15.5 Å². The Labute approximate surface area is 127 Å². The number of hydrogen-bond donors (Lipinski definition) is 1. The first kappa shape index (κ1) is 15.3. The minimum Gasteiger partial charge on any atom is -0.310 e. The SMILES string of the molecule is CCNC(c1ccc(Cl)cc1Br)C1CCS(=O)(=O)C1. The average Bonchev–Trinajstić information content (AvgIpc) is 2.67. The van der Waals surface area contributed by atoms with Crippen LogP contribution in [-0.4, -0.2) is 26.5 Å². The molecule has 106 valence electrons. The maximum atomic E-state index is 11.7. The monoisotopic (exact) mass is 365 g/mol. The number of hydrogen-bond acceptors (Lipinski definition) is 3. The zero-order valence-corrected chi connectivity index (χ0v) is 13.9. The second kappa shape index (κ2) is 6.12. The molecule has 1 aliphatic heterocycles. The minimum atomic E-state index is -2.87. The maximum Gasteiger partial charge on any atom is 0.150 e. The highest BCUT2D eigenvalue weighted by Crippen LogP contribution is 2.35. The van der Waals surface area contributed by atoms with Gasteiger partial charge in [0.2, 0.25) is 0 Å². The van der Waals surface area contributed by atoms with E-state index in [2.05, 4.69) is 21.2 Å². The zero-order chi connectivity index (χ0) is 14.0. The van der Waals surface area contributed by atoms with Crippen molar-refractivity contribution in [3.8, 4) is 0 Å². The summed E-state index contributed by atoms with van der Waals surface area (Å²) in [6.07, 6.45) is 0.717. The van der Waals surface area contributed by atoms with Gasteiger partial charge in [0.1, 0.15) is 0 Å². The molecule has 1 aromatic rings. The highest BCUT2D eigenvalue weighted by molar-refractivity contribution is 9.10. The van der Waals surface area contributed by atoms with Gasteiger partial charge in [0.05, 0.1) is 11.5 Å². The number of nitrogens with one attached hydrogen (secondary N) is 1. The van der Waals surface area contributed by atoms with E-state index >= 15 is 0 Å². The van der Waals surface area contributed by atoms with Crippen LogP contribution in [0.1, 0.15) is 24.9 Å². The predicted molar refractivity (Wildman–Crippen MR) is 82.3 cm³/mol. The third-order valence-corrected chi connectivity index (χ3v) is 6.18. The van der Waals surface area contributed by atoms with E-state index in [9.17, 15) is 8.42 Å². The molecule has 0 amide bonds. The number of halogens is 2. The van der Waals surface area contributed by atoms with E-state index in [1.807, 2.05) is 25.1 Å². The van der Waals surface area contributed by atoms with E-state index in [0.717, 1.165) is 23.0 Å². The smallest absolute Gasteiger partial charge is 0.150 e. The molecule has 2 atom stereocenters. The fourth-order valence-electron chi connectivity index (χ4n) is 2.59. The number of sulfone groups is 1. The predicted octanol–water partition coefficient (Wildman–Crippen LogP) is 3.19. The average molecular weight is 367 g/mol. The number of benzene rings is 1. The van der Waals surface area contributed by atoms with Crippen LogP contribution in [0.2, 0.25) is 5.02 Å². The van der Waals surface area contributed by atoms with E-state index in [-0.39, 0.29) is 17.7 Å². The Morgan fingerprint density at radius 2 is 2.26 bits per heavy atom. The lowest BCUT2D eigenvalue weighted by Gasteiger charge is -2.25. The van der Waals surface area contributed by atoms with Gasteiger partial charge in [-0.3, -0.25) is 0 Å². The largest absolute Gasteiger partial charge is 0.310 e. The van der Waals surface area contributed by atoms with Gasteiger partial charge in [0.25, 0.3) is 0 Å². The molecule has 0 saturated carbocycles. The minimum absolute atomic E-state index is 0.0499. The zero-order valence-electron chi connectivity index (χ0n) is 10.7. The van der Waals surface area contributed by atoms with Gasteiger partial charge in [-0.25, -0.2) is 8.42 Å². The van der Waals surface area contributed by atoms with E-state index in [4.69, 9.17) is 11.6 Å². The summed E-state index contributed by atoms with van der Waals surface area (Å²) in [6.45, 7) is 2.83. The fraction of sp³-hybridized carbons (Fsp3) is 0.538. The highest BCUT2D eigenvalue weighted by atomic mass is 79.9. The molecule has 1 heterocycles. The quantitative estimate of drug-likeness (QED) is 0.890. The van der Waals surface area contributed by atoms with Crippen LogP contribution in [0.4, 0.5) is 0 Å². The first-order valence-electron chi connectivity index (χ1n) is 6.31. The Kier molecular flexibility index (Phi) is 4.93. The Morgan fingerprint density at radius 1 is 1.53 bits per heavy atom. The van der Waals surface area contributed by atoms with Gasteiger partial charge in [0.15, 0.2) is 9.84 Å². The molecule has 0 bridgehead atoms. The molecule has 2 rings (SSSR count). The molecule has 3 nitrogen and oxygen atoms in total. The fourth-order valence-corrected chi connectivity index (χ4v) is 5.36. The van der Waals surface area contributed by atoms with E-state index in [0.29, 0.717) is 10.8 Å². The van der Waals surface area contributed by atoms with Gasteiger partial charge in [-0.15, -0.1) is 0 Å². The Hall–Kier alpha value is -0.100. The molecule has 19 heavy (non-hydrogen) atoms. The van der Waals surface area contributed by atoms with Crippen molar-refractivity contribution in [2.24, 2.45) is 5.92 Å². The second-order valence-corrected chi connectivity index (χ2v) is 8.38. The summed E-state index contributed by atoms with van der Waals surface area (Å²) >= 11 is 9.48. The molecule has 0 spiro atoms. The van der Waals surface area contributed by atoms with Crippen molar-refractivity contribution >= 4 is 37.4 Å². The van der Waals surface area contributed by atoms with Crippen LogP contribution < -0.4 is 5.32 Å². The summed E-state index contributed by atoms with van der Waals surface area (Å²) in [7, 11) is -2.87. The lowest BCUT2D eigenvalue weighted by molar-refractivity contribution is 0.399. The summed E-state index contributed by atoms with van der Waals surface area (Å²) in [6, 6.07) is 5.71. The summed E-state index contributed by atoms with van der Waals surface area (Å²) in [5.74, 6) is 0.687. The van der Waals surface area contributed by atoms with Crippen molar-refractivity contribution in [2.75, 3.05) is 18.1 Å². The summed E-state index contributed by atoms with van der Waals surface area (Å²) in [5.41, 5.74) is 1.08. The molecular formula is C13H17BrClNO2S. The van der Waals surface area contributed by atoms with Crippen LogP contribution in [-0.2, 0) is 9.84 Å². The van der Waals surface area contributed by atoms with Crippen molar-refractivity contribution in [3.63, 3.8) is 0 Å². The normalized spacial score (nSPS) is 23.4. The van der Waals surface area contributed by atoms with Crippen LogP contribution >= 0.6 is 27.5 Å². The lowest BCUT2D eigenvalue weighted by Crippen LogP contribution is -2.29. The molecule has 1 saturated heterocycles. The molecule has 2 unspecified atom stereocenters. The summed E-state index contributed by atoms with van der Waals surface area (Å²) < 4.78 is 24.2. The van der Waals surface area contributed by atoms with Crippen molar-refractivity contribution < 1.29 is 8.42 Å². The van der Waals surface area contributed by atoms with Crippen LogP contribution in [0.5, 0.6) is 0 Å².